The molecule has 1 aliphatic carbocycles. The molecule has 0 aliphatic heterocycles. The Morgan fingerprint density at radius 1 is 1.38 bits per heavy atom. The molecule has 21 heavy (non-hydrogen) atoms. The highest BCUT2D eigenvalue weighted by molar-refractivity contribution is 5.26. The highest BCUT2D eigenvalue weighted by Crippen LogP contribution is 2.30. The number of ether oxygens (including phenoxy) is 1. The molecule has 1 saturated carbocycles. The number of hydrogen-bond acceptors (Lipinski definition) is 3. The van der Waals surface area contributed by atoms with Gasteiger partial charge in [0.25, 0.3) is 0 Å². The molecule has 0 radical (unpaired) electrons. The van der Waals surface area contributed by atoms with Crippen LogP contribution in [0.5, 0.6) is 5.88 Å². The third-order valence-corrected chi connectivity index (χ3v) is 4.22. The highest BCUT2D eigenvalue weighted by Gasteiger charge is 2.23. The molecule has 0 saturated heterocycles. The lowest BCUT2D eigenvalue weighted by atomic mass is 9.85. The number of pyridine rings is 1. The average molecular weight is 294 g/mol. The molecule has 1 aromatic rings. The molecule has 1 fully saturated rings. The summed E-state index contributed by atoms with van der Waals surface area (Å²) in [7, 11) is 0. The van der Waals surface area contributed by atoms with E-state index in [0.717, 1.165) is 37.3 Å². The molecule has 0 bridgehead atoms. The summed E-state index contributed by atoms with van der Waals surface area (Å²) in [6.07, 6.45) is 8.44. The molecule has 2 rings (SSSR count). The van der Waals surface area contributed by atoms with Crippen molar-refractivity contribution in [1.29, 1.82) is 0 Å². The largest absolute Gasteiger partial charge is 0.474 e. The first-order valence-corrected chi connectivity index (χ1v) is 8.24. The maximum absolute atomic E-state index is 13.4. The Labute approximate surface area is 127 Å². The Bertz CT molecular complexity index is 439. The van der Waals surface area contributed by atoms with Crippen LogP contribution in [0.15, 0.2) is 12.3 Å². The third-order valence-electron chi connectivity index (χ3n) is 4.22. The maximum atomic E-state index is 13.4. The molecular formula is C17H27FN2O. The Balaban J connectivity index is 2.00. The minimum absolute atomic E-state index is 0.228. The van der Waals surface area contributed by atoms with Crippen molar-refractivity contribution < 1.29 is 9.13 Å². The zero-order valence-corrected chi connectivity index (χ0v) is 13.2. The summed E-state index contributed by atoms with van der Waals surface area (Å²) in [6, 6.07) is 1.53. The van der Waals surface area contributed by atoms with Crippen molar-refractivity contribution >= 4 is 0 Å². The predicted molar refractivity (Wildman–Crippen MR) is 82.9 cm³/mol. The van der Waals surface area contributed by atoms with Crippen LogP contribution < -0.4 is 10.1 Å². The predicted octanol–water partition coefficient (Wildman–Crippen LogP) is 4.07. The van der Waals surface area contributed by atoms with E-state index in [0.29, 0.717) is 12.4 Å². The van der Waals surface area contributed by atoms with E-state index in [1.54, 1.807) is 0 Å². The standard InChI is InChI=1S/C17H27FN2O/c1-3-8-19-11-14-10-15(18)12-20-17(14)21-16-7-5-6-13(4-2)9-16/h10,12-13,16,19H,3-9,11H2,1-2H3. The van der Waals surface area contributed by atoms with E-state index < -0.39 is 0 Å². The van der Waals surface area contributed by atoms with Crippen LogP contribution in [0.25, 0.3) is 0 Å². The highest BCUT2D eigenvalue weighted by atomic mass is 19.1. The second-order valence-electron chi connectivity index (χ2n) is 5.98. The van der Waals surface area contributed by atoms with E-state index in [9.17, 15) is 4.39 Å². The van der Waals surface area contributed by atoms with Gasteiger partial charge in [0, 0.05) is 12.1 Å². The minimum Gasteiger partial charge on any atom is -0.474 e. The fraction of sp³-hybridized carbons (Fsp3) is 0.706. The van der Waals surface area contributed by atoms with Gasteiger partial charge >= 0.3 is 0 Å². The van der Waals surface area contributed by atoms with E-state index in [1.807, 2.05) is 0 Å². The van der Waals surface area contributed by atoms with Crippen molar-refractivity contribution in [3.05, 3.63) is 23.6 Å². The van der Waals surface area contributed by atoms with Crippen molar-refractivity contribution in [3.63, 3.8) is 0 Å². The first kappa shape index (κ1) is 16.2. The van der Waals surface area contributed by atoms with Gasteiger partial charge in [-0.05, 0) is 44.2 Å². The SMILES string of the molecule is CCCNCc1cc(F)cnc1OC1CCCC(CC)C1. The molecule has 4 heteroatoms. The van der Waals surface area contributed by atoms with E-state index in [-0.39, 0.29) is 11.9 Å². The quantitative estimate of drug-likeness (QED) is 0.770. The molecular weight excluding hydrogens is 267 g/mol. The van der Waals surface area contributed by atoms with Gasteiger partial charge < -0.3 is 10.1 Å². The summed E-state index contributed by atoms with van der Waals surface area (Å²) in [4.78, 5) is 4.16. The molecule has 2 atom stereocenters. The lowest BCUT2D eigenvalue weighted by Crippen LogP contribution is -2.26. The Kier molecular flexibility index (Phi) is 6.43. The first-order valence-electron chi connectivity index (χ1n) is 8.24. The van der Waals surface area contributed by atoms with Crippen molar-refractivity contribution in [2.24, 2.45) is 5.92 Å². The second-order valence-corrected chi connectivity index (χ2v) is 5.98. The molecule has 1 heterocycles. The molecule has 0 aromatic carbocycles. The van der Waals surface area contributed by atoms with Gasteiger partial charge in [0.1, 0.15) is 11.9 Å². The fourth-order valence-corrected chi connectivity index (χ4v) is 2.98. The van der Waals surface area contributed by atoms with Crippen LogP contribution in [0.4, 0.5) is 4.39 Å². The molecule has 3 nitrogen and oxygen atoms in total. The topological polar surface area (TPSA) is 34.2 Å². The van der Waals surface area contributed by atoms with Gasteiger partial charge in [-0.2, -0.15) is 0 Å². The summed E-state index contributed by atoms with van der Waals surface area (Å²) in [5.74, 6) is 1.05. The zero-order valence-electron chi connectivity index (χ0n) is 13.2. The fourth-order valence-electron chi connectivity index (χ4n) is 2.98. The smallest absolute Gasteiger partial charge is 0.218 e. The van der Waals surface area contributed by atoms with E-state index >= 15 is 0 Å². The van der Waals surface area contributed by atoms with Gasteiger partial charge in [0.05, 0.1) is 6.20 Å². The van der Waals surface area contributed by atoms with Crippen molar-refractivity contribution in [2.45, 2.75) is 65.0 Å². The number of hydrogen-bond donors (Lipinski definition) is 1. The Morgan fingerprint density at radius 2 is 2.24 bits per heavy atom. The van der Waals surface area contributed by atoms with Gasteiger partial charge in [-0.1, -0.05) is 26.7 Å². The van der Waals surface area contributed by atoms with Gasteiger partial charge in [-0.25, -0.2) is 9.37 Å². The second kappa shape index (κ2) is 8.32. The Hall–Kier alpha value is -1.16. The first-order chi connectivity index (χ1) is 10.2. The van der Waals surface area contributed by atoms with Crippen molar-refractivity contribution in [2.75, 3.05) is 6.54 Å². The number of nitrogens with one attached hydrogen (secondary N) is 1. The van der Waals surface area contributed by atoms with Crippen LogP contribution in [-0.2, 0) is 6.54 Å². The molecule has 1 N–H and O–H groups in total. The summed E-state index contributed by atoms with van der Waals surface area (Å²) < 4.78 is 19.5. The molecule has 0 spiro atoms. The molecule has 0 amide bonds. The number of aromatic nitrogens is 1. The van der Waals surface area contributed by atoms with Crippen LogP contribution in [0.2, 0.25) is 0 Å². The maximum Gasteiger partial charge on any atom is 0.218 e. The molecule has 1 aliphatic rings. The summed E-state index contributed by atoms with van der Waals surface area (Å²) in [5, 5.41) is 3.29. The van der Waals surface area contributed by atoms with Crippen LogP contribution in [0, 0.1) is 11.7 Å². The van der Waals surface area contributed by atoms with E-state index in [2.05, 4.69) is 24.1 Å². The lowest BCUT2D eigenvalue weighted by molar-refractivity contribution is 0.115. The average Bonchev–Trinajstić information content (AvgIpc) is 2.50. The minimum atomic E-state index is -0.300. The summed E-state index contributed by atoms with van der Waals surface area (Å²) >= 11 is 0. The van der Waals surface area contributed by atoms with Crippen molar-refractivity contribution in [1.82, 2.24) is 10.3 Å². The number of nitrogens with zero attached hydrogens (tertiary/aromatic N) is 1. The normalized spacial score (nSPS) is 22.2. The molecule has 1 aromatic heterocycles. The lowest BCUT2D eigenvalue weighted by Gasteiger charge is -2.29. The van der Waals surface area contributed by atoms with Gasteiger partial charge in [0.15, 0.2) is 0 Å². The summed E-state index contributed by atoms with van der Waals surface area (Å²) in [6.45, 7) is 5.87. The van der Waals surface area contributed by atoms with Crippen molar-refractivity contribution in [3.8, 4) is 5.88 Å². The van der Waals surface area contributed by atoms with Crippen LogP contribution >= 0.6 is 0 Å². The zero-order chi connectivity index (χ0) is 15.1. The van der Waals surface area contributed by atoms with E-state index in [4.69, 9.17) is 4.74 Å². The van der Waals surface area contributed by atoms with Crippen LogP contribution in [-0.4, -0.2) is 17.6 Å². The number of rotatable bonds is 7. The summed E-state index contributed by atoms with van der Waals surface area (Å²) in [5.41, 5.74) is 0.821. The van der Waals surface area contributed by atoms with Gasteiger partial charge in [-0.3, -0.25) is 0 Å². The number of halogens is 1. The van der Waals surface area contributed by atoms with Gasteiger partial charge in [-0.15, -0.1) is 0 Å². The van der Waals surface area contributed by atoms with Crippen LogP contribution in [0.1, 0.15) is 57.9 Å². The monoisotopic (exact) mass is 294 g/mol. The van der Waals surface area contributed by atoms with E-state index in [1.165, 1.54) is 31.5 Å². The molecule has 118 valence electrons. The molecule has 2 unspecified atom stereocenters. The van der Waals surface area contributed by atoms with Crippen LogP contribution in [0.3, 0.4) is 0 Å². The Morgan fingerprint density at radius 3 is 3.00 bits per heavy atom. The van der Waals surface area contributed by atoms with Gasteiger partial charge in [0.2, 0.25) is 5.88 Å². The third kappa shape index (κ3) is 4.95.